The first-order valence-electron chi connectivity index (χ1n) is 3.82. The second-order valence-corrected chi connectivity index (χ2v) is 2.81. The Morgan fingerprint density at radius 1 is 1.00 bits per heavy atom. The second-order valence-electron chi connectivity index (χ2n) is 2.81. The number of nitrogen functional groups attached to an aromatic ring is 1. The van der Waals surface area contributed by atoms with Crippen LogP contribution in [0.4, 0.5) is 14.5 Å². The highest BCUT2D eigenvalue weighted by Gasteiger charge is 2.08. The number of anilines is 1. The number of hydrogen-bond acceptors (Lipinski definition) is 1. The van der Waals surface area contributed by atoms with Gasteiger partial charge in [-0.15, -0.1) is 0 Å². The molecule has 1 nitrogen and oxygen atoms in total. The van der Waals surface area contributed by atoms with Crippen LogP contribution in [0.2, 0.25) is 0 Å². The molecule has 0 aromatic heterocycles. The molecule has 3 heteroatoms. The normalized spacial score (nSPS) is 10.6. The molecular weight excluding hydrogens is 172 g/mol. The average Bonchev–Trinajstić information content (AvgIpc) is 2.12. The molecule has 0 saturated heterocycles. The van der Waals surface area contributed by atoms with E-state index >= 15 is 0 Å². The molecule has 2 rings (SSSR count). The molecule has 0 saturated carbocycles. The maximum absolute atomic E-state index is 13.2. The van der Waals surface area contributed by atoms with Crippen molar-refractivity contribution in [2.75, 3.05) is 5.73 Å². The number of hydrogen-bond donors (Lipinski definition) is 1. The molecule has 0 aliphatic heterocycles. The highest BCUT2D eigenvalue weighted by Crippen LogP contribution is 2.25. The van der Waals surface area contributed by atoms with Crippen molar-refractivity contribution >= 4 is 16.5 Å². The summed E-state index contributed by atoms with van der Waals surface area (Å²) in [4.78, 5) is 0. The van der Waals surface area contributed by atoms with Gasteiger partial charge in [0.1, 0.15) is 0 Å². The van der Waals surface area contributed by atoms with Crippen LogP contribution in [0, 0.1) is 11.6 Å². The van der Waals surface area contributed by atoms with E-state index in [4.69, 9.17) is 5.73 Å². The second kappa shape index (κ2) is 2.69. The number of nitrogens with two attached hydrogens (primary N) is 1. The number of rotatable bonds is 0. The Kier molecular flexibility index (Phi) is 1.65. The highest BCUT2D eigenvalue weighted by molar-refractivity contribution is 5.93. The van der Waals surface area contributed by atoms with Crippen molar-refractivity contribution in [3.05, 3.63) is 42.0 Å². The van der Waals surface area contributed by atoms with Gasteiger partial charge < -0.3 is 5.73 Å². The summed E-state index contributed by atoms with van der Waals surface area (Å²) in [6, 6.07) is 7.54. The van der Waals surface area contributed by atoms with E-state index in [1.165, 1.54) is 6.07 Å². The van der Waals surface area contributed by atoms with Crippen LogP contribution in [0.15, 0.2) is 30.3 Å². The zero-order chi connectivity index (χ0) is 9.42. The van der Waals surface area contributed by atoms with Gasteiger partial charge in [0.15, 0.2) is 11.6 Å². The molecule has 0 unspecified atom stereocenters. The van der Waals surface area contributed by atoms with Gasteiger partial charge in [0.2, 0.25) is 0 Å². The number of benzene rings is 2. The van der Waals surface area contributed by atoms with Crippen molar-refractivity contribution in [2.24, 2.45) is 0 Å². The SMILES string of the molecule is Nc1cccc2ccc(F)c(F)c12. The first kappa shape index (κ1) is 7.98. The molecule has 0 atom stereocenters. The third-order valence-electron chi connectivity index (χ3n) is 1.97. The fraction of sp³-hybridized carbons (Fsp3) is 0. The van der Waals surface area contributed by atoms with E-state index in [1.54, 1.807) is 18.2 Å². The van der Waals surface area contributed by atoms with E-state index in [0.29, 0.717) is 5.39 Å². The summed E-state index contributed by atoms with van der Waals surface area (Å²) >= 11 is 0. The van der Waals surface area contributed by atoms with Crippen molar-refractivity contribution < 1.29 is 8.78 Å². The maximum Gasteiger partial charge on any atom is 0.168 e. The van der Waals surface area contributed by atoms with E-state index < -0.39 is 11.6 Å². The fourth-order valence-corrected chi connectivity index (χ4v) is 1.34. The lowest BCUT2D eigenvalue weighted by atomic mass is 10.1. The van der Waals surface area contributed by atoms with Gasteiger partial charge in [-0.05, 0) is 17.5 Å². The van der Waals surface area contributed by atoms with Crippen LogP contribution in [0.25, 0.3) is 10.8 Å². The largest absolute Gasteiger partial charge is 0.398 e. The summed E-state index contributed by atoms with van der Waals surface area (Å²) in [7, 11) is 0. The van der Waals surface area contributed by atoms with Crippen molar-refractivity contribution in [2.45, 2.75) is 0 Å². The zero-order valence-corrected chi connectivity index (χ0v) is 6.72. The number of fused-ring (bicyclic) bond motifs is 1. The predicted octanol–water partition coefficient (Wildman–Crippen LogP) is 2.70. The molecule has 0 radical (unpaired) electrons. The quantitative estimate of drug-likeness (QED) is 0.618. The van der Waals surface area contributed by atoms with Crippen LogP contribution in [-0.2, 0) is 0 Å². The smallest absolute Gasteiger partial charge is 0.168 e. The lowest BCUT2D eigenvalue weighted by Gasteiger charge is -2.02. The minimum absolute atomic E-state index is 0.155. The van der Waals surface area contributed by atoms with Crippen LogP contribution >= 0.6 is 0 Å². The highest BCUT2D eigenvalue weighted by atomic mass is 19.2. The lowest BCUT2D eigenvalue weighted by Crippen LogP contribution is -1.92. The fourth-order valence-electron chi connectivity index (χ4n) is 1.34. The van der Waals surface area contributed by atoms with Gasteiger partial charge >= 0.3 is 0 Å². The Morgan fingerprint density at radius 3 is 2.54 bits per heavy atom. The molecule has 0 bridgehead atoms. The summed E-state index contributed by atoms with van der Waals surface area (Å²) < 4.78 is 26.0. The Balaban J connectivity index is 2.97. The van der Waals surface area contributed by atoms with Crippen molar-refractivity contribution in [1.82, 2.24) is 0 Å². The van der Waals surface area contributed by atoms with E-state index in [1.807, 2.05) is 0 Å². The van der Waals surface area contributed by atoms with Crippen molar-refractivity contribution in [3.63, 3.8) is 0 Å². The Labute approximate surface area is 73.8 Å². The minimum Gasteiger partial charge on any atom is -0.398 e. The molecular formula is C10H7F2N. The van der Waals surface area contributed by atoms with Crippen LogP contribution < -0.4 is 5.73 Å². The Bertz CT molecular complexity index is 466. The molecule has 2 aromatic rings. The molecule has 13 heavy (non-hydrogen) atoms. The molecule has 0 spiro atoms. The third kappa shape index (κ3) is 1.13. The van der Waals surface area contributed by atoms with Gasteiger partial charge in [-0.1, -0.05) is 18.2 Å². The van der Waals surface area contributed by atoms with Crippen LogP contribution in [0.5, 0.6) is 0 Å². The topological polar surface area (TPSA) is 26.0 Å². The van der Waals surface area contributed by atoms with Gasteiger partial charge in [0.05, 0.1) is 0 Å². The summed E-state index contributed by atoms with van der Waals surface area (Å²) in [5.74, 6) is -1.75. The van der Waals surface area contributed by atoms with Gasteiger partial charge in [0.25, 0.3) is 0 Å². The van der Waals surface area contributed by atoms with Gasteiger partial charge in [0, 0.05) is 11.1 Å². The van der Waals surface area contributed by atoms with E-state index in [2.05, 4.69) is 0 Å². The van der Waals surface area contributed by atoms with Crippen LogP contribution in [0.3, 0.4) is 0 Å². The van der Waals surface area contributed by atoms with Gasteiger partial charge in [-0.3, -0.25) is 0 Å². The van der Waals surface area contributed by atoms with E-state index in [-0.39, 0.29) is 11.1 Å². The molecule has 0 aliphatic carbocycles. The lowest BCUT2D eigenvalue weighted by molar-refractivity contribution is 0.517. The van der Waals surface area contributed by atoms with Crippen LogP contribution in [-0.4, -0.2) is 0 Å². The first-order valence-corrected chi connectivity index (χ1v) is 3.82. The molecule has 0 aliphatic rings. The average molecular weight is 179 g/mol. The third-order valence-corrected chi connectivity index (χ3v) is 1.97. The Morgan fingerprint density at radius 2 is 1.77 bits per heavy atom. The van der Waals surface area contributed by atoms with Crippen molar-refractivity contribution in [1.29, 1.82) is 0 Å². The summed E-state index contributed by atoms with van der Waals surface area (Å²) in [6.07, 6.45) is 0. The van der Waals surface area contributed by atoms with E-state index in [9.17, 15) is 8.78 Å². The monoisotopic (exact) mass is 179 g/mol. The van der Waals surface area contributed by atoms with Crippen LogP contribution in [0.1, 0.15) is 0 Å². The molecule has 66 valence electrons. The standard InChI is InChI=1S/C10H7F2N/c11-7-5-4-6-2-1-3-8(13)9(6)10(7)12/h1-5H,13H2. The minimum atomic E-state index is -0.879. The van der Waals surface area contributed by atoms with Gasteiger partial charge in [-0.25, -0.2) is 8.78 Å². The molecule has 2 N–H and O–H groups in total. The maximum atomic E-state index is 13.2. The molecule has 2 aromatic carbocycles. The molecule has 0 heterocycles. The van der Waals surface area contributed by atoms with Crippen molar-refractivity contribution in [3.8, 4) is 0 Å². The van der Waals surface area contributed by atoms with E-state index in [0.717, 1.165) is 6.07 Å². The summed E-state index contributed by atoms with van der Waals surface area (Å²) in [6.45, 7) is 0. The molecule has 0 amide bonds. The Hall–Kier alpha value is -1.64. The zero-order valence-electron chi connectivity index (χ0n) is 6.72. The summed E-state index contributed by atoms with van der Waals surface area (Å²) in [5, 5.41) is 0.765. The van der Waals surface area contributed by atoms with Gasteiger partial charge in [-0.2, -0.15) is 0 Å². The number of halogens is 2. The predicted molar refractivity (Wildman–Crippen MR) is 48.3 cm³/mol. The summed E-state index contributed by atoms with van der Waals surface area (Å²) in [5.41, 5.74) is 5.78. The molecule has 0 fully saturated rings. The first-order chi connectivity index (χ1) is 6.20.